The number of unbranched alkanes of at least 4 members (excludes halogenated alkanes) is 3. The number of carbonyl (C=O) groups is 2. The van der Waals surface area contributed by atoms with E-state index in [9.17, 15) is 14.4 Å². The van der Waals surface area contributed by atoms with Crippen molar-refractivity contribution in [3.05, 3.63) is 82.7 Å². The number of fused-ring (bicyclic) bond motifs is 1. The summed E-state index contributed by atoms with van der Waals surface area (Å²) in [6.45, 7) is 6.52. The molecule has 0 bridgehead atoms. The van der Waals surface area contributed by atoms with Crippen molar-refractivity contribution in [1.29, 1.82) is 0 Å². The van der Waals surface area contributed by atoms with Gasteiger partial charge in [-0.15, -0.1) is 6.58 Å². The third-order valence-electron chi connectivity index (χ3n) is 5.43. The molecule has 0 saturated heterocycles. The maximum absolute atomic E-state index is 12.4. The Morgan fingerprint density at radius 3 is 2.65 bits per heavy atom. The summed E-state index contributed by atoms with van der Waals surface area (Å²) < 4.78 is 21.8. The van der Waals surface area contributed by atoms with Crippen molar-refractivity contribution in [3.63, 3.8) is 0 Å². The van der Waals surface area contributed by atoms with Gasteiger partial charge >= 0.3 is 11.6 Å². The number of methoxy groups -OCH3 is 1. The van der Waals surface area contributed by atoms with Gasteiger partial charge in [0.25, 0.3) is 5.91 Å². The zero-order chi connectivity index (χ0) is 26.6. The minimum Gasteiger partial charge on any atom is -0.493 e. The lowest BCUT2D eigenvalue weighted by molar-refractivity contribution is -0.128. The molecule has 0 spiro atoms. The van der Waals surface area contributed by atoms with Crippen LogP contribution in [0, 0.1) is 0 Å². The van der Waals surface area contributed by atoms with Crippen molar-refractivity contribution in [2.45, 2.75) is 32.6 Å². The Morgan fingerprint density at radius 2 is 1.89 bits per heavy atom. The van der Waals surface area contributed by atoms with Gasteiger partial charge in [-0.1, -0.05) is 38.3 Å². The molecule has 0 fully saturated rings. The van der Waals surface area contributed by atoms with Gasteiger partial charge in [0, 0.05) is 24.1 Å². The quantitative estimate of drug-likeness (QED) is 0.0840. The zero-order valence-corrected chi connectivity index (χ0v) is 21.1. The molecule has 0 aliphatic heterocycles. The Hall–Kier alpha value is -4.33. The largest absolute Gasteiger partial charge is 0.493 e. The van der Waals surface area contributed by atoms with Crippen molar-refractivity contribution in [2.75, 3.05) is 20.3 Å². The molecule has 8 nitrogen and oxygen atoms in total. The maximum atomic E-state index is 12.4. The molecule has 0 aliphatic rings. The van der Waals surface area contributed by atoms with Gasteiger partial charge in [-0.2, -0.15) is 0 Å². The van der Waals surface area contributed by atoms with Gasteiger partial charge in [-0.05, 0) is 48.4 Å². The zero-order valence-electron chi connectivity index (χ0n) is 21.1. The van der Waals surface area contributed by atoms with Crippen molar-refractivity contribution >= 4 is 28.9 Å². The summed E-state index contributed by atoms with van der Waals surface area (Å²) in [6.07, 6.45) is 8.85. The van der Waals surface area contributed by atoms with Crippen LogP contribution in [-0.2, 0) is 4.79 Å². The Labute approximate surface area is 215 Å². The molecule has 0 radical (unpaired) electrons. The summed E-state index contributed by atoms with van der Waals surface area (Å²) in [5, 5.41) is 3.05. The van der Waals surface area contributed by atoms with Gasteiger partial charge in [0.15, 0.2) is 11.5 Å². The highest BCUT2D eigenvalue weighted by Crippen LogP contribution is 2.29. The van der Waals surface area contributed by atoms with E-state index in [1.807, 2.05) is 6.07 Å². The first kappa shape index (κ1) is 27.3. The predicted molar refractivity (Wildman–Crippen MR) is 142 cm³/mol. The minimum absolute atomic E-state index is 0.120. The molecule has 194 valence electrons. The van der Waals surface area contributed by atoms with Gasteiger partial charge in [-0.25, -0.2) is 9.59 Å². The second-order valence-electron chi connectivity index (χ2n) is 8.22. The first-order valence-electron chi connectivity index (χ1n) is 12.1. The van der Waals surface area contributed by atoms with Crippen molar-refractivity contribution < 1.29 is 28.2 Å². The van der Waals surface area contributed by atoms with E-state index in [4.69, 9.17) is 18.6 Å². The van der Waals surface area contributed by atoms with Crippen LogP contribution in [-0.4, -0.2) is 32.1 Å². The molecule has 1 heterocycles. The number of benzene rings is 2. The Balaban J connectivity index is 1.64. The monoisotopic (exact) mass is 505 g/mol. The number of rotatable bonds is 13. The summed E-state index contributed by atoms with van der Waals surface area (Å²) in [4.78, 5) is 36.7. The summed E-state index contributed by atoms with van der Waals surface area (Å²) in [5.74, 6) is 0.251. The van der Waals surface area contributed by atoms with E-state index in [0.29, 0.717) is 23.5 Å². The third-order valence-corrected chi connectivity index (χ3v) is 5.43. The fourth-order valence-corrected chi connectivity index (χ4v) is 3.51. The lowest BCUT2D eigenvalue weighted by Crippen LogP contribution is -2.28. The Bertz CT molecular complexity index is 1340. The molecule has 1 amide bonds. The maximum Gasteiger partial charge on any atom is 0.349 e. The van der Waals surface area contributed by atoms with Crippen molar-refractivity contribution in [1.82, 2.24) is 5.32 Å². The molecule has 37 heavy (non-hydrogen) atoms. The highest BCUT2D eigenvalue weighted by atomic mass is 16.5. The van der Waals surface area contributed by atoms with Crippen LogP contribution < -0.4 is 25.2 Å². The van der Waals surface area contributed by atoms with E-state index in [-0.39, 0.29) is 23.4 Å². The number of hydrogen-bond acceptors (Lipinski definition) is 7. The SMILES string of the molecule is C=CCNC(=O)c1cc2ccc(OC(=O)/C=C/c3ccc(OCCCCCC)c(OC)c3)cc2oc1=O. The molecule has 8 heteroatoms. The predicted octanol–water partition coefficient (Wildman–Crippen LogP) is 5.30. The molecule has 3 rings (SSSR count). The smallest absolute Gasteiger partial charge is 0.349 e. The number of ether oxygens (including phenoxy) is 3. The summed E-state index contributed by atoms with van der Waals surface area (Å²) in [5.41, 5.74) is 0.0126. The topological polar surface area (TPSA) is 104 Å². The van der Waals surface area contributed by atoms with Crippen LogP contribution in [0.2, 0.25) is 0 Å². The molecule has 0 aliphatic carbocycles. The number of nitrogens with one attached hydrogen (secondary N) is 1. The van der Waals surface area contributed by atoms with Crippen LogP contribution in [0.1, 0.15) is 48.5 Å². The highest BCUT2D eigenvalue weighted by Gasteiger charge is 2.14. The second kappa shape index (κ2) is 13.7. The van der Waals surface area contributed by atoms with E-state index in [1.54, 1.807) is 37.5 Å². The van der Waals surface area contributed by atoms with E-state index in [1.165, 1.54) is 37.1 Å². The van der Waals surface area contributed by atoms with E-state index < -0.39 is 17.5 Å². The van der Waals surface area contributed by atoms with Crippen LogP contribution in [0.4, 0.5) is 0 Å². The first-order valence-corrected chi connectivity index (χ1v) is 12.1. The number of carbonyl (C=O) groups excluding carboxylic acids is 2. The number of amides is 1. The summed E-state index contributed by atoms with van der Waals surface area (Å²) in [7, 11) is 1.57. The molecule has 0 unspecified atom stereocenters. The minimum atomic E-state index is -0.792. The van der Waals surface area contributed by atoms with E-state index in [0.717, 1.165) is 18.4 Å². The molecule has 2 aromatic carbocycles. The molecule has 1 N–H and O–H groups in total. The lowest BCUT2D eigenvalue weighted by Gasteiger charge is -2.11. The molecule has 1 aromatic heterocycles. The molecule has 0 atom stereocenters. The van der Waals surface area contributed by atoms with E-state index >= 15 is 0 Å². The fourth-order valence-electron chi connectivity index (χ4n) is 3.51. The van der Waals surface area contributed by atoms with Crippen LogP contribution in [0.25, 0.3) is 17.0 Å². The van der Waals surface area contributed by atoms with Crippen LogP contribution in [0.5, 0.6) is 17.2 Å². The van der Waals surface area contributed by atoms with Gasteiger partial charge in [0.05, 0.1) is 13.7 Å². The highest BCUT2D eigenvalue weighted by molar-refractivity contribution is 5.97. The number of hydrogen-bond donors (Lipinski definition) is 1. The van der Waals surface area contributed by atoms with Gasteiger partial charge < -0.3 is 23.9 Å². The molecule has 0 saturated carbocycles. The molecular weight excluding hydrogens is 474 g/mol. The van der Waals surface area contributed by atoms with Crippen LogP contribution in [0.3, 0.4) is 0 Å². The lowest BCUT2D eigenvalue weighted by atomic mass is 10.1. The molecule has 3 aromatic rings. The molecular formula is C29H31NO7. The Morgan fingerprint density at radius 1 is 1.05 bits per heavy atom. The Kier molecular flexibility index (Phi) is 10.1. The average molecular weight is 506 g/mol. The third kappa shape index (κ3) is 7.83. The average Bonchev–Trinajstić information content (AvgIpc) is 2.90. The first-order chi connectivity index (χ1) is 17.9. The van der Waals surface area contributed by atoms with Gasteiger partial charge in [0.2, 0.25) is 0 Å². The van der Waals surface area contributed by atoms with Crippen molar-refractivity contribution in [2.24, 2.45) is 0 Å². The summed E-state index contributed by atoms with van der Waals surface area (Å²) >= 11 is 0. The standard InChI is InChI=1S/C29H31NO7/c1-4-6-7-8-16-35-24-13-9-20(17-26(24)34-3)10-14-27(31)36-22-12-11-21-18-23(28(32)30-15-5-2)29(33)37-25(21)19-22/h5,9-14,17-19H,2,4,6-8,15-16H2,1,3H3,(H,30,32)/b14-10+. The number of esters is 1. The fraction of sp³-hybridized carbons (Fsp3) is 0.276. The van der Waals surface area contributed by atoms with E-state index in [2.05, 4.69) is 18.8 Å². The van der Waals surface area contributed by atoms with Gasteiger partial charge in [-0.3, -0.25) is 4.79 Å². The van der Waals surface area contributed by atoms with Crippen molar-refractivity contribution in [3.8, 4) is 17.2 Å². The van der Waals surface area contributed by atoms with Gasteiger partial charge in [0.1, 0.15) is 16.9 Å². The summed E-state index contributed by atoms with van der Waals surface area (Å²) in [6, 6.07) is 11.4. The second-order valence-corrected chi connectivity index (χ2v) is 8.22. The normalized spacial score (nSPS) is 10.9. The van der Waals surface area contributed by atoms with Crippen LogP contribution >= 0.6 is 0 Å². The van der Waals surface area contributed by atoms with Crippen LogP contribution in [0.15, 0.2) is 70.4 Å².